The quantitative estimate of drug-likeness (QED) is 0.748. The van der Waals surface area contributed by atoms with E-state index in [0.717, 1.165) is 33.3 Å². The minimum atomic E-state index is 0.513. The van der Waals surface area contributed by atoms with Crippen LogP contribution in [0.25, 0.3) is 21.8 Å². The van der Waals surface area contributed by atoms with Crippen molar-refractivity contribution < 1.29 is 9.47 Å². The number of methoxy groups -OCH3 is 1. The van der Waals surface area contributed by atoms with Crippen LogP contribution < -0.4 is 15.2 Å². The zero-order chi connectivity index (χ0) is 16.1. The van der Waals surface area contributed by atoms with E-state index in [9.17, 15) is 0 Å². The molecule has 1 aromatic heterocycles. The van der Waals surface area contributed by atoms with Crippen LogP contribution in [0.4, 0.5) is 0 Å². The minimum absolute atomic E-state index is 0.513. The molecule has 0 amide bonds. The van der Waals surface area contributed by atoms with E-state index in [4.69, 9.17) is 20.2 Å². The van der Waals surface area contributed by atoms with E-state index in [1.807, 2.05) is 48.5 Å². The standard InChI is InChI=1S/C18H18N2O2S/c1-21-15-6-4-14(5-7-15)18-20-17(12-23-18)13-2-8-16(9-3-13)22-11-10-19/h2-9,12H,10-11,19H2,1H3. The molecule has 118 valence electrons. The maximum Gasteiger partial charge on any atom is 0.124 e. The SMILES string of the molecule is COc1ccc(-c2nc(-c3ccc(OCCN)cc3)cs2)cc1. The van der Waals surface area contributed by atoms with Gasteiger partial charge in [-0.15, -0.1) is 11.3 Å². The fourth-order valence-electron chi connectivity index (χ4n) is 2.17. The molecule has 0 aliphatic rings. The Morgan fingerprint density at radius 1 is 0.957 bits per heavy atom. The largest absolute Gasteiger partial charge is 0.497 e. The first-order valence-electron chi connectivity index (χ1n) is 7.33. The summed E-state index contributed by atoms with van der Waals surface area (Å²) in [6, 6.07) is 15.8. The van der Waals surface area contributed by atoms with Crippen molar-refractivity contribution in [3.8, 4) is 33.3 Å². The van der Waals surface area contributed by atoms with Crippen LogP contribution in [0.5, 0.6) is 11.5 Å². The van der Waals surface area contributed by atoms with E-state index < -0.39 is 0 Å². The molecule has 0 bridgehead atoms. The summed E-state index contributed by atoms with van der Waals surface area (Å²) in [5, 5.41) is 3.06. The Morgan fingerprint density at radius 2 is 1.61 bits per heavy atom. The predicted molar refractivity (Wildman–Crippen MR) is 94.1 cm³/mol. The number of thiazole rings is 1. The van der Waals surface area contributed by atoms with Gasteiger partial charge in [-0.3, -0.25) is 0 Å². The highest BCUT2D eigenvalue weighted by atomic mass is 32.1. The van der Waals surface area contributed by atoms with Gasteiger partial charge in [0, 0.05) is 23.1 Å². The Balaban J connectivity index is 1.78. The lowest BCUT2D eigenvalue weighted by atomic mass is 10.1. The van der Waals surface area contributed by atoms with Crippen molar-refractivity contribution in [3.05, 3.63) is 53.9 Å². The molecule has 0 aliphatic heterocycles. The monoisotopic (exact) mass is 326 g/mol. The third-order valence-corrected chi connectivity index (χ3v) is 4.27. The van der Waals surface area contributed by atoms with Gasteiger partial charge in [0.15, 0.2) is 0 Å². The number of nitrogens with two attached hydrogens (primary N) is 1. The minimum Gasteiger partial charge on any atom is -0.497 e. The predicted octanol–water partition coefficient (Wildman–Crippen LogP) is 3.82. The highest BCUT2D eigenvalue weighted by molar-refractivity contribution is 7.13. The van der Waals surface area contributed by atoms with Gasteiger partial charge >= 0.3 is 0 Å². The van der Waals surface area contributed by atoms with E-state index in [2.05, 4.69) is 5.38 Å². The van der Waals surface area contributed by atoms with Gasteiger partial charge in [-0.25, -0.2) is 4.98 Å². The Morgan fingerprint density at radius 3 is 2.26 bits per heavy atom. The highest BCUT2D eigenvalue weighted by Crippen LogP contribution is 2.30. The molecule has 3 rings (SSSR count). The number of ether oxygens (including phenoxy) is 2. The first-order chi connectivity index (χ1) is 11.3. The number of nitrogens with zero attached hydrogens (tertiary/aromatic N) is 1. The molecule has 0 aliphatic carbocycles. The van der Waals surface area contributed by atoms with Crippen LogP contribution in [0, 0.1) is 0 Å². The third kappa shape index (κ3) is 3.70. The van der Waals surface area contributed by atoms with Crippen molar-refractivity contribution >= 4 is 11.3 Å². The lowest BCUT2D eigenvalue weighted by molar-refractivity contribution is 0.328. The van der Waals surface area contributed by atoms with E-state index in [1.165, 1.54) is 0 Å². The molecule has 0 saturated heterocycles. The molecule has 23 heavy (non-hydrogen) atoms. The molecule has 1 heterocycles. The normalized spacial score (nSPS) is 10.5. The summed E-state index contributed by atoms with van der Waals surface area (Å²) < 4.78 is 10.7. The lowest BCUT2D eigenvalue weighted by Crippen LogP contribution is -2.10. The molecule has 3 aromatic rings. The first-order valence-corrected chi connectivity index (χ1v) is 8.21. The van der Waals surface area contributed by atoms with Gasteiger partial charge in [0.25, 0.3) is 0 Å². The van der Waals surface area contributed by atoms with E-state index in [-0.39, 0.29) is 0 Å². The highest BCUT2D eigenvalue weighted by Gasteiger charge is 2.07. The molecule has 0 saturated carbocycles. The molecule has 5 heteroatoms. The maximum atomic E-state index is 5.49. The van der Waals surface area contributed by atoms with E-state index in [1.54, 1.807) is 18.4 Å². The molecule has 2 N–H and O–H groups in total. The summed E-state index contributed by atoms with van der Waals surface area (Å²) in [7, 11) is 1.66. The molecule has 0 atom stereocenters. The molecule has 4 nitrogen and oxygen atoms in total. The Kier molecular flexibility index (Phi) is 4.90. The number of hydrogen-bond acceptors (Lipinski definition) is 5. The topological polar surface area (TPSA) is 57.4 Å². The molecule has 0 fully saturated rings. The van der Waals surface area contributed by atoms with Crippen molar-refractivity contribution in [2.75, 3.05) is 20.3 Å². The summed E-state index contributed by atoms with van der Waals surface area (Å²) in [5.74, 6) is 1.67. The van der Waals surface area contributed by atoms with Crippen LogP contribution in [0.2, 0.25) is 0 Å². The summed E-state index contributed by atoms with van der Waals surface area (Å²) in [6.45, 7) is 1.04. The molecule has 0 spiro atoms. The van der Waals surface area contributed by atoms with Crippen LogP contribution in [0.1, 0.15) is 0 Å². The number of aromatic nitrogens is 1. The van der Waals surface area contributed by atoms with Crippen LogP contribution in [0.15, 0.2) is 53.9 Å². The van der Waals surface area contributed by atoms with Crippen molar-refractivity contribution in [1.82, 2.24) is 4.98 Å². The summed E-state index contributed by atoms with van der Waals surface area (Å²) in [5.41, 5.74) is 8.55. The second kappa shape index (κ2) is 7.26. The lowest BCUT2D eigenvalue weighted by Gasteiger charge is -2.04. The summed E-state index contributed by atoms with van der Waals surface area (Å²) in [4.78, 5) is 4.71. The fraction of sp³-hybridized carbons (Fsp3) is 0.167. The van der Waals surface area contributed by atoms with E-state index >= 15 is 0 Å². The number of hydrogen-bond donors (Lipinski definition) is 1. The van der Waals surface area contributed by atoms with Gasteiger partial charge < -0.3 is 15.2 Å². The second-order valence-corrected chi connectivity index (χ2v) is 5.79. The molecular formula is C18H18N2O2S. The summed E-state index contributed by atoms with van der Waals surface area (Å²) in [6.07, 6.45) is 0. The molecule has 2 aromatic carbocycles. The second-order valence-electron chi connectivity index (χ2n) is 4.93. The third-order valence-electron chi connectivity index (χ3n) is 3.38. The van der Waals surface area contributed by atoms with Gasteiger partial charge in [0.2, 0.25) is 0 Å². The average Bonchev–Trinajstić information content (AvgIpc) is 3.10. The fourth-order valence-corrected chi connectivity index (χ4v) is 3.01. The van der Waals surface area contributed by atoms with E-state index in [0.29, 0.717) is 13.2 Å². The Labute approximate surface area is 139 Å². The summed E-state index contributed by atoms with van der Waals surface area (Å²) >= 11 is 1.63. The van der Waals surface area contributed by atoms with Crippen molar-refractivity contribution in [1.29, 1.82) is 0 Å². The zero-order valence-electron chi connectivity index (χ0n) is 12.9. The van der Waals surface area contributed by atoms with Gasteiger partial charge in [0.05, 0.1) is 12.8 Å². The maximum absolute atomic E-state index is 5.49. The Hall–Kier alpha value is -2.37. The van der Waals surface area contributed by atoms with Gasteiger partial charge in [0.1, 0.15) is 23.1 Å². The van der Waals surface area contributed by atoms with Gasteiger partial charge in [-0.05, 0) is 48.5 Å². The van der Waals surface area contributed by atoms with Crippen LogP contribution >= 0.6 is 11.3 Å². The number of benzene rings is 2. The molecule has 0 unspecified atom stereocenters. The molecular weight excluding hydrogens is 308 g/mol. The van der Waals surface area contributed by atoms with Crippen molar-refractivity contribution in [3.63, 3.8) is 0 Å². The first kappa shape index (κ1) is 15.5. The zero-order valence-corrected chi connectivity index (χ0v) is 13.7. The smallest absolute Gasteiger partial charge is 0.124 e. The Bertz CT molecular complexity index is 751. The van der Waals surface area contributed by atoms with Crippen molar-refractivity contribution in [2.45, 2.75) is 0 Å². The average molecular weight is 326 g/mol. The van der Waals surface area contributed by atoms with Gasteiger partial charge in [-0.1, -0.05) is 0 Å². The van der Waals surface area contributed by atoms with Gasteiger partial charge in [-0.2, -0.15) is 0 Å². The van der Waals surface area contributed by atoms with Crippen LogP contribution in [0.3, 0.4) is 0 Å². The molecule has 0 radical (unpaired) electrons. The van der Waals surface area contributed by atoms with Crippen LogP contribution in [-0.4, -0.2) is 25.2 Å². The van der Waals surface area contributed by atoms with Crippen molar-refractivity contribution in [2.24, 2.45) is 5.73 Å². The van der Waals surface area contributed by atoms with Crippen LogP contribution in [-0.2, 0) is 0 Å². The number of rotatable bonds is 6.